The Bertz CT molecular complexity index is 747. The molecule has 2 heterocycles. The maximum absolute atomic E-state index is 11.6. The van der Waals surface area contributed by atoms with Crippen molar-refractivity contribution >= 4 is 40.0 Å². The zero-order chi connectivity index (χ0) is 19.5. The summed E-state index contributed by atoms with van der Waals surface area (Å²) >= 11 is 0. The van der Waals surface area contributed by atoms with Gasteiger partial charge in [-0.1, -0.05) is 13.8 Å². The van der Waals surface area contributed by atoms with Crippen LogP contribution in [0.15, 0.2) is 11.2 Å². The summed E-state index contributed by atoms with van der Waals surface area (Å²) in [4.78, 5) is 6.44. The van der Waals surface area contributed by atoms with Gasteiger partial charge in [-0.15, -0.1) is 24.0 Å². The number of aryl methyl sites for hydroxylation is 1. The largest absolute Gasteiger partial charge is 0.356 e. The molecule has 0 radical (unpaired) electrons. The number of hydrogen-bond acceptors (Lipinski definition) is 4. The minimum absolute atomic E-state index is 0. The van der Waals surface area contributed by atoms with Gasteiger partial charge in [0.2, 0.25) is 10.0 Å². The smallest absolute Gasteiger partial charge is 0.211 e. The second-order valence-corrected chi connectivity index (χ2v) is 9.41. The van der Waals surface area contributed by atoms with Gasteiger partial charge in [0.15, 0.2) is 5.96 Å². The van der Waals surface area contributed by atoms with E-state index in [0.29, 0.717) is 31.5 Å². The summed E-state index contributed by atoms with van der Waals surface area (Å²) in [5.74, 6) is 1.48. The predicted molar refractivity (Wildman–Crippen MR) is 120 cm³/mol. The van der Waals surface area contributed by atoms with Crippen LogP contribution in [0.1, 0.15) is 37.4 Å². The SMILES string of the molecule is CN=C(NCC1CCN(S(C)(=O)=O)C1)N(C)Cc1cn(C)nc1C(C)C.I. The van der Waals surface area contributed by atoms with E-state index in [1.807, 2.05) is 18.8 Å². The lowest BCUT2D eigenvalue weighted by Crippen LogP contribution is -2.41. The van der Waals surface area contributed by atoms with E-state index >= 15 is 0 Å². The minimum Gasteiger partial charge on any atom is -0.356 e. The summed E-state index contributed by atoms with van der Waals surface area (Å²) in [7, 11) is 2.62. The Hall–Kier alpha value is -0.880. The fourth-order valence-corrected chi connectivity index (χ4v) is 4.30. The van der Waals surface area contributed by atoms with E-state index in [0.717, 1.165) is 24.6 Å². The zero-order valence-corrected chi connectivity index (χ0v) is 20.3. The highest BCUT2D eigenvalue weighted by atomic mass is 127. The topological polar surface area (TPSA) is 82.8 Å². The van der Waals surface area contributed by atoms with Gasteiger partial charge in [-0.05, 0) is 18.3 Å². The van der Waals surface area contributed by atoms with E-state index in [1.54, 1.807) is 11.4 Å². The van der Waals surface area contributed by atoms with Crippen molar-refractivity contribution in [2.45, 2.75) is 32.7 Å². The summed E-state index contributed by atoms with van der Waals surface area (Å²) in [5, 5.41) is 7.94. The van der Waals surface area contributed by atoms with Crippen LogP contribution in [0.4, 0.5) is 0 Å². The van der Waals surface area contributed by atoms with Gasteiger partial charge >= 0.3 is 0 Å². The summed E-state index contributed by atoms with van der Waals surface area (Å²) in [6, 6.07) is 0. The number of hydrogen-bond donors (Lipinski definition) is 1. The molecule has 1 aliphatic rings. The summed E-state index contributed by atoms with van der Waals surface area (Å²) in [6.45, 7) is 6.91. The number of nitrogens with zero attached hydrogens (tertiary/aromatic N) is 5. The second kappa shape index (κ2) is 10.1. The molecule has 0 aromatic carbocycles. The molecule has 2 rings (SSSR count). The van der Waals surface area contributed by atoms with Crippen LogP contribution in [-0.2, 0) is 23.6 Å². The van der Waals surface area contributed by atoms with Gasteiger partial charge in [0, 0.05) is 59.1 Å². The third kappa shape index (κ3) is 6.60. The van der Waals surface area contributed by atoms with Crippen LogP contribution >= 0.6 is 24.0 Å². The number of sulfonamides is 1. The fourth-order valence-electron chi connectivity index (χ4n) is 3.38. The van der Waals surface area contributed by atoms with Crippen molar-refractivity contribution < 1.29 is 8.42 Å². The highest BCUT2D eigenvalue weighted by molar-refractivity contribution is 14.0. The molecule has 1 N–H and O–H groups in total. The molecule has 0 bridgehead atoms. The summed E-state index contributed by atoms with van der Waals surface area (Å²) < 4.78 is 26.7. The third-order valence-electron chi connectivity index (χ3n) is 4.73. The Balaban J connectivity index is 0.00000364. The van der Waals surface area contributed by atoms with Gasteiger partial charge in [0.05, 0.1) is 11.9 Å². The van der Waals surface area contributed by atoms with E-state index in [-0.39, 0.29) is 24.0 Å². The third-order valence-corrected chi connectivity index (χ3v) is 6.00. The average molecular weight is 512 g/mol. The van der Waals surface area contributed by atoms with Crippen LogP contribution in [0, 0.1) is 5.92 Å². The van der Waals surface area contributed by atoms with Crippen molar-refractivity contribution in [2.75, 3.05) is 40.0 Å². The fraction of sp³-hybridized carbons (Fsp3) is 0.765. The number of rotatable bonds is 6. The van der Waals surface area contributed by atoms with E-state index in [4.69, 9.17) is 0 Å². The minimum atomic E-state index is -3.09. The van der Waals surface area contributed by atoms with Gasteiger partial charge in [0.25, 0.3) is 0 Å². The van der Waals surface area contributed by atoms with Crippen LogP contribution in [-0.4, -0.2) is 73.3 Å². The molecule has 1 aromatic heterocycles. The molecule has 156 valence electrons. The molecule has 1 aliphatic heterocycles. The molecule has 0 amide bonds. The zero-order valence-electron chi connectivity index (χ0n) is 17.1. The van der Waals surface area contributed by atoms with Crippen molar-refractivity contribution in [1.82, 2.24) is 24.3 Å². The average Bonchev–Trinajstić information content (AvgIpc) is 3.14. The Morgan fingerprint density at radius 3 is 2.67 bits per heavy atom. The number of aromatic nitrogens is 2. The lowest BCUT2D eigenvalue weighted by atomic mass is 10.1. The normalized spacial score (nSPS) is 18.6. The van der Waals surface area contributed by atoms with Crippen molar-refractivity contribution in [3.63, 3.8) is 0 Å². The highest BCUT2D eigenvalue weighted by Gasteiger charge is 2.28. The van der Waals surface area contributed by atoms with Gasteiger partial charge in [-0.2, -0.15) is 5.10 Å². The first-order chi connectivity index (χ1) is 12.1. The molecule has 27 heavy (non-hydrogen) atoms. The van der Waals surface area contributed by atoms with Crippen LogP contribution in [0.3, 0.4) is 0 Å². The van der Waals surface area contributed by atoms with E-state index in [1.165, 1.54) is 11.8 Å². The molecule has 0 saturated carbocycles. The van der Waals surface area contributed by atoms with Crippen LogP contribution in [0.5, 0.6) is 0 Å². The van der Waals surface area contributed by atoms with Gasteiger partial charge in [-0.25, -0.2) is 12.7 Å². The van der Waals surface area contributed by atoms with Crippen molar-refractivity contribution in [2.24, 2.45) is 18.0 Å². The molecule has 1 fully saturated rings. The monoisotopic (exact) mass is 512 g/mol. The molecule has 0 spiro atoms. The lowest BCUT2D eigenvalue weighted by molar-refractivity contribution is 0.442. The van der Waals surface area contributed by atoms with E-state index in [2.05, 4.69) is 40.4 Å². The molecular weight excluding hydrogens is 479 g/mol. The standard InChI is InChI=1S/C17H32N6O2S.HI/c1-13(2)16-15(12-22(5)20-16)11-21(4)17(18-3)19-9-14-7-8-23(10-14)26(6,24)25;/h12-14H,7-11H2,1-6H3,(H,18,19);1H. The Morgan fingerprint density at radius 2 is 2.15 bits per heavy atom. The van der Waals surface area contributed by atoms with E-state index in [9.17, 15) is 8.42 Å². The lowest BCUT2D eigenvalue weighted by Gasteiger charge is -2.23. The summed E-state index contributed by atoms with van der Waals surface area (Å²) in [6.07, 6.45) is 4.21. The molecule has 1 unspecified atom stereocenters. The number of guanidine groups is 1. The maximum Gasteiger partial charge on any atom is 0.211 e. The van der Waals surface area contributed by atoms with Gasteiger partial charge < -0.3 is 10.2 Å². The van der Waals surface area contributed by atoms with Crippen LogP contribution in [0.25, 0.3) is 0 Å². The first-order valence-electron chi connectivity index (χ1n) is 9.01. The van der Waals surface area contributed by atoms with Crippen LogP contribution in [0.2, 0.25) is 0 Å². The molecule has 0 aliphatic carbocycles. The predicted octanol–water partition coefficient (Wildman–Crippen LogP) is 1.45. The quantitative estimate of drug-likeness (QED) is 0.355. The molecule has 10 heteroatoms. The number of halogens is 1. The number of aliphatic imine (C=N–C) groups is 1. The molecule has 1 atom stereocenters. The highest BCUT2D eigenvalue weighted by Crippen LogP contribution is 2.19. The Labute approximate surface area is 180 Å². The second-order valence-electron chi connectivity index (χ2n) is 7.43. The number of nitrogens with one attached hydrogen (secondary N) is 1. The van der Waals surface area contributed by atoms with Crippen LogP contribution < -0.4 is 5.32 Å². The maximum atomic E-state index is 11.6. The molecule has 1 aromatic rings. The van der Waals surface area contributed by atoms with Crippen molar-refractivity contribution in [3.05, 3.63) is 17.5 Å². The first-order valence-corrected chi connectivity index (χ1v) is 10.9. The first kappa shape index (κ1) is 24.2. The Morgan fingerprint density at radius 1 is 1.48 bits per heavy atom. The van der Waals surface area contributed by atoms with E-state index < -0.39 is 10.0 Å². The van der Waals surface area contributed by atoms with Crippen molar-refractivity contribution in [3.8, 4) is 0 Å². The molecule has 8 nitrogen and oxygen atoms in total. The Kier molecular flexibility index (Phi) is 9.00. The van der Waals surface area contributed by atoms with Gasteiger partial charge in [-0.3, -0.25) is 9.67 Å². The molecule has 1 saturated heterocycles. The molecular formula is C17H33IN6O2S. The van der Waals surface area contributed by atoms with Crippen molar-refractivity contribution in [1.29, 1.82) is 0 Å². The van der Waals surface area contributed by atoms with Gasteiger partial charge in [0.1, 0.15) is 0 Å². The summed E-state index contributed by atoms with van der Waals surface area (Å²) in [5.41, 5.74) is 2.30.